The fourth-order valence-corrected chi connectivity index (χ4v) is 5.44. The molecule has 1 aromatic carbocycles. The van der Waals surface area contributed by atoms with Crippen LogP contribution in [0.25, 0.3) is 0 Å². The predicted molar refractivity (Wildman–Crippen MR) is 86.2 cm³/mol. The SMILES string of the molecule is COC1(C(C(=O)O)N(C=O)c2ccc(S(F)(F)(F)(F)F)cc2)CS(=O)(=O)C1. The van der Waals surface area contributed by atoms with Crippen LogP contribution in [0.1, 0.15) is 0 Å². The summed E-state index contributed by atoms with van der Waals surface area (Å²) in [6.45, 7) is 0. The van der Waals surface area contributed by atoms with Crippen molar-refractivity contribution in [3.8, 4) is 0 Å². The number of carbonyl (C=O) groups is 2. The number of carboxylic acid groups (broad SMARTS) is 1. The van der Waals surface area contributed by atoms with E-state index in [0.717, 1.165) is 7.11 Å². The first-order chi connectivity index (χ1) is 11.9. The van der Waals surface area contributed by atoms with E-state index < -0.39 is 59.8 Å². The molecule has 1 aliphatic heterocycles. The van der Waals surface area contributed by atoms with Gasteiger partial charge in [0.25, 0.3) is 0 Å². The van der Waals surface area contributed by atoms with Gasteiger partial charge in [-0.05, 0) is 24.3 Å². The van der Waals surface area contributed by atoms with Crippen LogP contribution in [-0.2, 0) is 24.2 Å². The quantitative estimate of drug-likeness (QED) is 0.518. The van der Waals surface area contributed by atoms with Crippen molar-refractivity contribution in [2.75, 3.05) is 23.5 Å². The molecule has 1 amide bonds. The van der Waals surface area contributed by atoms with Crippen molar-refractivity contribution in [1.82, 2.24) is 0 Å². The minimum absolute atomic E-state index is 0.0172. The Morgan fingerprint density at radius 2 is 1.70 bits per heavy atom. The lowest BCUT2D eigenvalue weighted by atomic mass is 9.95. The van der Waals surface area contributed by atoms with E-state index >= 15 is 0 Å². The van der Waals surface area contributed by atoms with Crippen molar-refractivity contribution in [3.63, 3.8) is 0 Å². The Kier molecular flexibility index (Phi) is 4.39. The molecule has 0 radical (unpaired) electrons. The summed E-state index contributed by atoms with van der Waals surface area (Å²) in [5.74, 6) is -3.15. The number of amides is 1. The third kappa shape index (κ3) is 4.16. The van der Waals surface area contributed by atoms with Crippen molar-refractivity contribution in [3.05, 3.63) is 24.3 Å². The third-order valence-corrected chi connectivity index (χ3v) is 7.06. The van der Waals surface area contributed by atoms with Crippen LogP contribution in [-0.4, -0.2) is 56.2 Å². The lowest BCUT2D eigenvalue weighted by Gasteiger charge is -2.46. The molecule has 7 nitrogen and oxygen atoms in total. The Hall–Kier alpha value is -1.93. The topological polar surface area (TPSA) is 101 Å². The van der Waals surface area contributed by atoms with Crippen molar-refractivity contribution in [2.45, 2.75) is 16.5 Å². The van der Waals surface area contributed by atoms with Gasteiger partial charge in [-0.1, -0.05) is 19.4 Å². The highest BCUT2D eigenvalue weighted by Crippen LogP contribution is 3.02. The van der Waals surface area contributed by atoms with Crippen LogP contribution in [0.2, 0.25) is 0 Å². The minimum Gasteiger partial charge on any atom is -0.480 e. The normalized spacial score (nSPS) is 21.9. The van der Waals surface area contributed by atoms with E-state index in [-0.39, 0.29) is 18.5 Å². The average Bonchev–Trinajstić information content (AvgIpc) is 2.47. The summed E-state index contributed by atoms with van der Waals surface area (Å²) >= 11 is 0. The zero-order chi connectivity index (χ0) is 21.0. The maximum Gasteiger partial charge on any atom is 0.329 e. The van der Waals surface area contributed by atoms with Gasteiger partial charge in [0.1, 0.15) is 10.5 Å². The molecule has 2 rings (SSSR count). The van der Waals surface area contributed by atoms with Crippen molar-refractivity contribution < 1.29 is 47.3 Å². The summed E-state index contributed by atoms with van der Waals surface area (Å²) < 4.78 is 91.8. The predicted octanol–water partition coefficient (Wildman–Crippen LogP) is 2.57. The van der Waals surface area contributed by atoms with Crippen LogP contribution < -0.4 is 4.90 Å². The molecule has 1 N–H and O–H groups in total. The zero-order valence-electron chi connectivity index (χ0n) is 13.5. The summed E-state index contributed by atoms with van der Waals surface area (Å²) in [5.41, 5.74) is -2.28. The van der Waals surface area contributed by atoms with Gasteiger partial charge in [-0.3, -0.25) is 9.69 Å². The highest BCUT2D eigenvalue weighted by atomic mass is 32.5. The van der Waals surface area contributed by atoms with E-state index in [2.05, 4.69) is 0 Å². The molecule has 0 saturated carbocycles. The van der Waals surface area contributed by atoms with Crippen LogP contribution >= 0.6 is 10.2 Å². The number of ether oxygens (including phenoxy) is 1. The third-order valence-electron chi connectivity index (χ3n) is 4.04. The summed E-state index contributed by atoms with van der Waals surface area (Å²) in [4.78, 5) is 21.3. The van der Waals surface area contributed by atoms with Crippen LogP contribution in [0.4, 0.5) is 25.1 Å². The van der Waals surface area contributed by atoms with Gasteiger partial charge in [0.2, 0.25) is 6.41 Å². The molecule has 1 aromatic rings. The first-order valence-corrected chi connectivity index (χ1v) is 10.8. The summed E-state index contributed by atoms with van der Waals surface area (Å²) in [6.07, 6.45) is -0.0563. The molecule has 1 fully saturated rings. The molecule has 0 aliphatic carbocycles. The highest BCUT2D eigenvalue weighted by molar-refractivity contribution is 8.45. The van der Waals surface area contributed by atoms with Crippen molar-refractivity contribution in [2.24, 2.45) is 0 Å². The molecule has 154 valence electrons. The van der Waals surface area contributed by atoms with E-state index in [1.54, 1.807) is 0 Å². The number of aliphatic carboxylic acids is 1. The van der Waals surface area contributed by atoms with E-state index in [4.69, 9.17) is 4.74 Å². The Morgan fingerprint density at radius 3 is 2.00 bits per heavy atom. The van der Waals surface area contributed by atoms with Crippen LogP contribution in [0, 0.1) is 0 Å². The average molecular weight is 439 g/mol. The van der Waals surface area contributed by atoms with Gasteiger partial charge in [-0.25, -0.2) is 13.2 Å². The van der Waals surface area contributed by atoms with Gasteiger partial charge in [-0.2, -0.15) is 0 Å². The standard InChI is InChI=1S/C13H14F5NO6S2/c1-25-13(6-26(23,24)7-13)11(12(21)22)19(8-20)9-2-4-10(5-3-9)27(14,15,16,17)18/h2-5,8,11H,6-7H2,1H3,(H,21,22). The number of carboxylic acids is 1. The Labute approximate surface area is 150 Å². The fourth-order valence-electron chi connectivity index (χ4n) is 2.83. The largest absolute Gasteiger partial charge is 0.480 e. The summed E-state index contributed by atoms with van der Waals surface area (Å²) in [6, 6.07) is -0.885. The number of hydrogen-bond acceptors (Lipinski definition) is 5. The molecule has 14 heteroatoms. The highest BCUT2D eigenvalue weighted by Gasteiger charge is 2.65. The van der Waals surface area contributed by atoms with Crippen molar-refractivity contribution in [1.29, 1.82) is 0 Å². The lowest BCUT2D eigenvalue weighted by Crippen LogP contribution is -2.70. The van der Waals surface area contributed by atoms with Crippen LogP contribution in [0.15, 0.2) is 29.2 Å². The van der Waals surface area contributed by atoms with Gasteiger partial charge >= 0.3 is 16.2 Å². The lowest BCUT2D eigenvalue weighted by molar-refractivity contribution is -0.146. The van der Waals surface area contributed by atoms with Crippen molar-refractivity contribution >= 4 is 38.1 Å². The summed E-state index contributed by atoms with van der Waals surface area (Å²) in [7, 11) is -12.5. The monoisotopic (exact) mass is 439 g/mol. The molecule has 1 heterocycles. The van der Waals surface area contributed by atoms with Gasteiger partial charge in [0.15, 0.2) is 15.9 Å². The number of carbonyl (C=O) groups excluding carboxylic acids is 1. The maximum atomic E-state index is 12.8. The molecule has 1 unspecified atom stereocenters. The fraction of sp³-hybridized carbons (Fsp3) is 0.385. The number of benzene rings is 1. The minimum atomic E-state index is -9.95. The molecule has 27 heavy (non-hydrogen) atoms. The first-order valence-electron chi connectivity index (χ1n) is 7.01. The first kappa shape index (κ1) is 21.4. The number of methoxy groups -OCH3 is 1. The number of nitrogens with zero attached hydrogens (tertiary/aromatic N) is 1. The number of rotatable bonds is 7. The Morgan fingerprint density at radius 1 is 1.22 bits per heavy atom. The molecule has 0 bridgehead atoms. The molecular formula is C13H14F5NO6S2. The van der Waals surface area contributed by atoms with E-state index in [0.29, 0.717) is 17.0 Å². The molecule has 1 saturated heterocycles. The molecule has 0 spiro atoms. The van der Waals surface area contributed by atoms with E-state index in [1.165, 1.54) is 0 Å². The molecule has 1 atom stereocenters. The second-order valence-electron chi connectivity index (χ2n) is 6.02. The number of hydrogen-bond donors (Lipinski definition) is 1. The van der Waals surface area contributed by atoms with E-state index in [9.17, 15) is 42.5 Å². The van der Waals surface area contributed by atoms with E-state index in [1.807, 2.05) is 0 Å². The van der Waals surface area contributed by atoms with Gasteiger partial charge in [0, 0.05) is 12.8 Å². The number of anilines is 1. The zero-order valence-corrected chi connectivity index (χ0v) is 15.2. The Balaban J connectivity index is 2.48. The molecule has 1 aliphatic rings. The maximum absolute atomic E-state index is 12.8. The second-order valence-corrected chi connectivity index (χ2v) is 10.5. The Bertz CT molecular complexity index is 873. The van der Waals surface area contributed by atoms with Crippen LogP contribution in [0.5, 0.6) is 0 Å². The van der Waals surface area contributed by atoms with Crippen LogP contribution in [0.3, 0.4) is 0 Å². The summed E-state index contributed by atoms with van der Waals surface area (Å²) in [5, 5.41) is 9.43. The number of sulfone groups is 1. The number of halogens is 5. The van der Waals surface area contributed by atoms with Gasteiger partial charge < -0.3 is 9.84 Å². The second kappa shape index (κ2) is 5.54. The smallest absolute Gasteiger partial charge is 0.329 e. The van der Waals surface area contributed by atoms with Gasteiger partial charge in [0.05, 0.1) is 11.5 Å². The molecule has 0 aromatic heterocycles. The van der Waals surface area contributed by atoms with Gasteiger partial charge in [-0.15, -0.1) is 0 Å². The molecular weight excluding hydrogens is 425 g/mol.